The summed E-state index contributed by atoms with van der Waals surface area (Å²) in [5.41, 5.74) is -0.586. The van der Waals surface area contributed by atoms with Crippen LogP contribution in [-0.4, -0.2) is 39.9 Å². The summed E-state index contributed by atoms with van der Waals surface area (Å²) in [4.78, 5) is 44.2. The molecule has 0 unspecified atom stereocenters. The van der Waals surface area contributed by atoms with Gasteiger partial charge in [-0.2, -0.15) is 4.39 Å². The van der Waals surface area contributed by atoms with Gasteiger partial charge in [0.05, 0.1) is 4.92 Å². The summed E-state index contributed by atoms with van der Waals surface area (Å²) in [5, 5.41) is 24.6. The van der Waals surface area contributed by atoms with E-state index in [0.717, 1.165) is 12.1 Å². The van der Waals surface area contributed by atoms with Gasteiger partial charge in [0.25, 0.3) is 0 Å². The van der Waals surface area contributed by atoms with E-state index >= 15 is 0 Å². The van der Waals surface area contributed by atoms with Crippen molar-refractivity contribution >= 4 is 23.5 Å². The summed E-state index contributed by atoms with van der Waals surface area (Å²) < 4.78 is 13.3. The highest BCUT2D eigenvalue weighted by atomic mass is 19.1. The number of hydrogen-bond donors (Lipinski definition) is 3. The molecule has 1 saturated heterocycles. The molecule has 1 fully saturated rings. The first kappa shape index (κ1) is 17.3. The molecule has 24 heavy (non-hydrogen) atoms. The first-order valence-corrected chi connectivity index (χ1v) is 7.03. The molecule has 1 aliphatic heterocycles. The van der Waals surface area contributed by atoms with Gasteiger partial charge in [-0.25, -0.2) is 4.79 Å². The highest BCUT2D eigenvalue weighted by Gasteiger charge is 2.30. The summed E-state index contributed by atoms with van der Waals surface area (Å²) >= 11 is 0. The highest BCUT2D eigenvalue weighted by molar-refractivity contribution is 5.92. The van der Waals surface area contributed by atoms with Crippen LogP contribution in [0.3, 0.4) is 0 Å². The van der Waals surface area contributed by atoms with Crippen LogP contribution in [0.5, 0.6) is 0 Å². The van der Waals surface area contributed by atoms with Gasteiger partial charge >= 0.3 is 11.7 Å². The van der Waals surface area contributed by atoms with Crippen LogP contribution >= 0.6 is 0 Å². The lowest BCUT2D eigenvalue weighted by Crippen LogP contribution is -2.49. The molecule has 0 aromatic heterocycles. The van der Waals surface area contributed by atoms with E-state index in [4.69, 9.17) is 0 Å². The van der Waals surface area contributed by atoms with Gasteiger partial charge in [-0.05, 0) is 18.1 Å². The first-order valence-electron chi connectivity index (χ1n) is 7.03. The molecule has 0 spiro atoms. The van der Waals surface area contributed by atoms with E-state index in [9.17, 15) is 34.0 Å². The SMILES string of the molecule is O=C1CC[C@@H](C(=O)N[C@@H](Cc2ccc(F)c([N+](=O)[O-])c2)C(=O)O)N1. The monoisotopic (exact) mass is 339 g/mol. The molecule has 1 aromatic rings. The molecule has 2 atom stereocenters. The molecule has 1 aromatic carbocycles. The topological polar surface area (TPSA) is 139 Å². The van der Waals surface area contributed by atoms with Crippen LogP contribution in [0.25, 0.3) is 0 Å². The van der Waals surface area contributed by atoms with Gasteiger partial charge in [-0.3, -0.25) is 19.7 Å². The summed E-state index contributed by atoms with van der Waals surface area (Å²) in [6, 6.07) is 0.837. The molecule has 1 aliphatic rings. The fourth-order valence-corrected chi connectivity index (χ4v) is 2.34. The lowest BCUT2D eigenvalue weighted by atomic mass is 10.0. The molecular formula is C14H14FN3O6. The average Bonchev–Trinajstić information content (AvgIpc) is 2.94. The van der Waals surface area contributed by atoms with Crippen molar-refractivity contribution in [1.29, 1.82) is 0 Å². The normalized spacial score (nSPS) is 17.9. The number of nitrogens with one attached hydrogen (secondary N) is 2. The van der Waals surface area contributed by atoms with Crippen LogP contribution in [-0.2, 0) is 20.8 Å². The second kappa shape index (κ2) is 7.02. The Morgan fingerprint density at radius 2 is 2.21 bits per heavy atom. The van der Waals surface area contributed by atoms with Crippen LogP contribution in [0.1, 0.15) is 18.4 Å². The van der Waals surface area contributed by atoms with Gasteiger partial charge in [0.1, 0.15) is 12.1 Å². The number of benzene rings is 1. The number of amides is 2. The van der Waals surface area contributed by atoms with E-state index in [1.165, 1.54) is 6.07 Å². The molecule has 0 saturated carbocycles. The number of carbonyl (C=O) groups excluding carboxylic acids is 2. The van der Waals surface area contributed by atoms with Crippen molar-refractivity contribution < 1.29 is 28.8 Å². The third-order valence-corrected chi connectivity index (χ3v) is 3.57. The number of nitrogens with zero attached hydrogens (tertiary/aromatic N) is 1. The number of aliphatic carboxylic acids is 1. The largest absolute Gasteiger partial charge is 0.480 e. The van der Waals surface area contributed by atoms with Crippen LogP contribution in [0.2, 0.25) is 0 Å². The maximum Gasteiger partial charge on any atom is 0.326 e. The van der Waals surface area contributed by atoms with E-state index < -0.39 is 40.4 Å². The fourth-order valence-electron chi connectivity index (χ4n) is 2.34. The van der Waals surface area contributed by atoms with Crippen LogP contribution in [0.15, 0.2) is 18.2 Å². The smallest absolute Gasteiger partial charge is 0.326 e. The van der Waals surface area contributed by atoms with E-state index in [2.05, 4.69) is 10.6 Å². The summed E-state index contributed by atoms with van der Waals surface area (Å²) in [6.45, 7) is 0. The van der Waals surface area contributed by atoms with Crippen molar-refractivity contribution in [2.24, 2.45) is 0 Å². The minimum Gasteiger partial charge on any atom is -0.480 e. The Morgan fingerprint density at radius 1 is 1.50 bits per heavy atom. The molecule has 3 N–H and O–H groups in total. The van der Waals surface area contributed by atoms with E-state index in [-0.39, 0.29) is 30.7 Å². The van der Waals surface area contributed by atoms with Crippen molar-refractivity contribution in [2.45, 2.75) is 31.3 Å². The number of rotatable bonds is 6. The van der Waals surface area contributed by atoms with Crippen molar-refractivity contribution in [3.63, 3.8) is 0 Å². The number of carbonyl (C=O) groups is 3. The zero-order valence-corrected chi connectivity index (χ0v) is 12.3. The number of carboxylic acids is 1. The van der Waals surface area contributed by atoms with Gasteiger partial charge in [-0.15, -0.1) is 0 Å². The molecule has 2 rings (SSSR count). The fraction of sp³-hybridized carbons (Fsp3) is 0.357. The van der Waals surface area contributed by atoms with Gasteiger partial charge in [0.2, 0.25) is 17.6 Å². The Bertz CT molecular complexity index is 708. The quantitative estimate of drug-likeness (QED) is 0.497. The van der Waals surface area contributed by atoms with Crippen LogP contribution < -0.4 is 10.6 Å². The maximum atomic E-state index is 13.3. The molecule has 0 aliphatic carbocycles. The number of halogens is 1. The zero-order valence-electron chi connectivity index (χ0n) is 12.3. The Kier molecular flexibility index (Phi) is 5.07. The molecule has 2 amide bonds. The average molecular weight is 339 g/mol. The number of carboxylic acid groups (broad SMARTS) is 1. The van der Waals surface area contributed by atoms with E-state index in [1.807, 2.05) is 0 Å². The van der Waals surface area contributed by atoms with Gasteiger partial charge in [0.15, 0.2) is 0 Å². The Hall–Kier alpha value is -3.04. The Balaban J connectivity index is 2.10. The summed E-state index contributed by atoms with van der Waals surface area (Å²) in [6.07, 6.45) is 0.182. The minimum absolute atomic E-state index is 0.181. The van der Waals surface area contributed by atoms with Gasteiger partial charge in [-0.1, -0.05) is 6.07 Å². The number of hydrogen-bond acceptors (Lipinski definition) is 5. The molecular weight excluding hydrogens is 325 g/mol. The Labute approximate surface area is 135 Å². The maximum absolute atomic E-state index is 13.3. The third kappa shape index (κ3) is 4.03. The number of nitro benzene ring substituents is 1. The Morgan fingerprint density at radius 3 is 2.75 bits per heavy atom. The third-order valence-electron chi connectivity index (χ3n) is 3.57. The standard InChI is InChI=1S/C14H14FN3O6/c15-8-2-1-7(6-11(8)18(23)24)5-10(14(21)22)17-13(20)9-3-4-12(19)16-9/h1-2,6,9-10H,3-5H2,(H,16,19)(H,17,20)(H,21,22)/t9-,10-/m0/s1. The molecule has 1 heterocycles. The summed E-state index contributed by atoms with van der Waals surface area (Å²) in [7, 11) is 0. The molecule has 9 nitrogen and oxygen atoms in total. The molecule has 128 valence electrons. The highest BCUT2D eigenvalue weighted by Crippen LogP contribution is 2.19. The minimum atomic E-state index is -1.36. The first-order chi connectivity index (χ1) is 11.3. The predicted octanol–water partition coefficient (Wildman–Crippen LogP) is 0.124. The lowest BCUT2D eigenvalue weighted by molar-refractivity contribution is -0.387. The van der Waals surface area contributed by atoms with Crippen LogP contribution in [0.4, 0.5) is 10.1 Å². The molecule has 0 bridgehead atoms. The zero-order chi connectivity index (χ0) is 17.9. The van der Waals surface area contributed by atoms with E-state index in [1.54, 1.807) is 0 Å². The van der Waals surface area contributed by atoms with Crippen LogP contribution in [0, 0.1) is 15.9 Å². The predicted molar refractivity (Wildman–Crippen MR) is 77.5 cm³/mol. The summed E-state index contributed by atoms with van der Waals surface area (Å²) in [5.74, 6) is -3.32. The van der Waals surface area contributed by atoms with Gasteiger partial charge < -0.3 is 15.7 Å². The van der Waals surface area contributed by atoms with E-state index in [0.29, 0.717) is 0 Å². The van der Waals surface area contributed by atoms with Crippen molar-refractivity contribution in [3.05, 3.63) is 39.7 Å². The van der Waals surface area contributed by atoms with Gasteiger partial charge in [0, 0.05) is 18.9 Å². The van der Waals surface area contributed by atoms with Crippen molar-refractivity contribution in [3.8, 4) is 0 Å². The number of nitro groups is 1. The second-order valence-electron chi connectivity index (χ2n) is 5.31. The van der Waals surface area contributed by atoms with Crippen molar-refractivity contribution in [1.82, 2.24) is 10.6 Å². The lowest BCUT2D eigenvalue weighted by Gasteiger charge is -2.17. The molecule has 10 heteroatoms. The molecule has 0 radical (unpaired) electrons. The van der Waals surface area contributed by atoms with Crippen molar-refractivity contribution in [2.75, 3.05) is 0 Å². The second-order valence-corrected chi connectivity index (χ2v) is 5.31.